The lowest BCUT2D eigenvalue weighted by atomic mass is 9.97. The first kappa shape index (κ1) is 22.8. The highest BCUT2D eigenvalue weighted by Gasteiger charge is 2.48. The smallest absolute Gasteiger partial charge is 0.303 e. The van der Waals surface area contributed by atoms with Gasteiger partial charge in [0.1, 0.15) is 24.3 Å². The van der Waals surface area contributed by atoms with Crippen molar-refractivity contribution in [2.45, 2.75) is 48.5 Å². The van der Waals surface area contributed by atoms with Crippen LogP contribution in [0.15, 0.2) is 23.1 Å². The van der Waals surface area contributed by atoms with Crippen LogP contribution in [0.5, 0.6) is 0 Å². The van der Waals surface area contributed by atoms with Gasteiger partial charge in [0.15, 0.2) is 6.10 Å². The fourth-order valence-corrected chi connectivity index (χ4v) is 4.32. The summed E-state index contributed by atoms with van der Waals surface area (Å²) >= 11 is 13.3. The Hall–Kier alpha value is -1.52. The molecule has 1 aromatic rings. The number of nitrogens with two attached hydrogens (primary N) is 1. The number of ether oxygens (including phenoxy) is 4. The number of rotatable bonds is 7. The first-order chi connectivity index (χ1) is 13.2. The Morgan fingerprint density at radius 2 is 1.96 bits per heavy atom. The van der Waals surface area contributed by atoms with Crippen LogP contribution in [0.4, 0.5) is 0 Å². The maximum Gasteiger partial charge on any atom is 0.303 e. The van der Waals surface area contributed by atoms with Crippen molar-refractivity contribution in [1.29, 1.82) is 0 Å². The fourth-order valence-electron chi connectivity index (χ4n) is 2.63. The minimum atomic E-state index is -0.992. The van der Waals surface area contributed by atoms with E-state index in [0.29, 0.717) is 14.9 Å². The lowest BCUT2D eigenvalue weighted by Gasteiger charge is -2.43. The molecule has 1 heterocycles. The zero-order valence-corrected chi connectivity index (χ0v) is 17.3. The SMILES string of the molecule is CC(=O)OCC1OC(Sc2cc(Cl)ccc2Cl)C(OC=O)C(N)C1OC(C)=O. The molecule has 0 amide bonds. The number of hydrogen-bond acceptors (Lipinski definition) is 9. The molecule has 0 aliphatic carbocycles. The molecule has 1 fully saturated rings. The molecular weight excluding hydrogens is 433 g/mol. The third-order valence-corrected chi connectivity index (χ3v) is 5.68. The second kappa shape index (κ2) is 10.3. The lowest BCUT2D eigenvalue weighted by Crippen LogP contribution is -2.63. The number of hydrogen-bond donors (Lipinski definition) is 1. The zero-order valence-electron chi connectivity index (χ0n) is 15.0. The summed E-state index contributed by atoms with van der Waals surface area (Å²) in [5.41, 5.74) is 5.40. The van der Waals surface area contributed by atoms with Crippen molar-refractivity contribution in [3.8, 4) is 0 Å². The molecular formula is C17H19Cl2NO7S. The number of esters is 2. The molecule has 11 heteroatoms. The number of benzene rings is 1. The molecule has 5 atom stereocenters. The highest BCUT2D eigenvalue weighted by Crippen LogP contribution is 2.39. The molecule has 1 aliphatic heterocycles. The minimum Gasteiger partial charge on any atom is -0.463 e. The van der Waals surface area contributed by atoms with Crippen LogP contribution in [-0.2, 0) is 33.3 Å². The van der Waals surface area contributed by atoms with Gasteiger partial charge in [-0.3, -0.25) is 14.4 Å². The summed E-state index contributed by atoms with van der Waals surface area (Å²) in [7, 11) is 0. The van der Waals surface area contributed by atoms with E-state index in [1.54, 1.807) is 18.2 Å². The molecule has 0 saturated carbocycles. The second-order valence-corrected chi connectivity index (χ2v) is 7.87. The van der Waals surface area contributed by atoms with Crippen LogP contribution in [-0.4, -0.2) is 54.8 Å². The van der Waals surface area contributed by atoms with Crippen molar-refractivity contribution in [2.24, 2.45) is 5.73 Å². The van der Waals surface area contributed by atoms with Gasteiger partial charge >= 0.3 is 11.9 Å². The third kappa shape index (κ3) is 5.99. The Labute approximate surface area is 175 Å². The summed E-state index contributed by atoms with van der Waals surface area (Å²) in [5, 5.41) is 0.865. The van der Waals surface area contributed by atoms with Gasteiger partial charge in [-0.2, -0.15) is 0 Å². The zero-order chi connectivity index (χ0) is 20.8. The summed E-state index contributed by atoms with van der Waals surface area (Å²) in [6.07, 6.45) is -2.83. The van der Waals surface area contributed by atoms with Gasteiger partial charge in [-0.25, -0.2) is 0 Å². The molecule has 5 unspecified atom stereocenters. The molecule has 1 aliphatic rings. The molecule has 2 N–H and O–H groups in total. The summed E-state index contributed by atoms with van der Waals surface area (Å²) in [6.45, 7) is 2.48. The van der Waals surface area contributed by atoms with Gasteiger partial charge < -0.3 is 24.7 Å². The van der Waals surface area contributed by atoms with Crippen molar-refractivity contribution < 1.29 is 33.3 Å². The molecule has 0 bridgehead atoms. The molecule has 28 heavy (non-hydrogen) atoms. The largest absolute Gasteiger partial charge is 0.463 e. The number of carbonyl (C=O) groups is 3. The standard InChI is InChI=1S/C17H19Cl2NO7S/c1-8(22)24-6-12-15(26-9(2)23)14(20)16(25-7-21)17(27-12)28-13-5-10(18)3-4-11(13)19/h3-5,7,12,14-17H,6,20H2,1-2H3. The van der Waals surface area contributed by atoms with Gasteiger partial charge in [0, 0.05) is 23.8 Å². The Morgan fingerprint density at radius 3 is 2.57 bits per heavy atom. The molecule has 1 aromatic carbocycles. The molecule has 0 radical (unpaired) electrons. The fraction of sp³-hybridized carbons (Fsp3) is 0.471. The van der Waals surface area contributed by atoms with E-state index in [9.17, 15) is 14.4 Å². The van der Waals surface area contributed by atoms with Crippen molar-refractivity contribution in [3.05, 3.63) is 28.2 Å². The molecule has 8 nitrogen and oxygen atoms in total. The highest BCUT2D eigenvalue weighted by atomic mass is 35.5. The average molecular weight is 452 g/mol. The second-order valence-electron chi connectivity index (χ2n) is 5.89. The van der Waals surface area contributed by atoms with E-state index in [4.69, 9.17) is 47.9 Å². The maximum atomic E-state index is 11.5. The van der Waals surface area contributed by atoms with E-state index in [1.165, 1.54) is 13.8 Å². The summed E-state index contributed by atoms with van der Waals surface area (Å²) in [6, 6.07) is 3.93. The van der Waals surface area contributed by atoms with Gasteiger partial charge in [-0.05, 0) is 18.2 Å². The molecule has 1 saturated heterocycles. The predicted octanol–water partition coefficient (Wildman–Crippen LogP) is 2.17. The number of carbonyl (C=O) groups excluding carboxylic acids is 3. The van der Waals surface area contributed by atoms with E-state index >= 15 is 0 Å². The predicted molar refractivity (Wildman–Crippen MR) is 102 cm³/mol. The first-order valence-electron chi connectivity index (χ1n) is 8.15. The number of thioether (sulfide) groups is 1. The molecule has 154 valence electrons. The van der Waals surface area contributed by atoms with Crippen molar-refractivity contribution in [3.63, 3.8) is 0 Å². The van der Waals surface area contributed by atoms with Gasteiger partial charge in [-0.1, -0.05) is 35.0 Å². The molecule has 0 spiro atoms. The maximum absolute atomic E-state index is 11.5. The van der Waals surface area contributed by atoms with E-state index in [-0.39, 0.29) is 13.1 Å². The van der Waals surface area contributed by atoms with Gasteiger partial charge in [0.2, 0.25) is 0 Å². The van der Waals surface area contributed by atoms with Crippen LogP contribution in [0.25, 0.3) is 0 Å². The van der Waals surface area contributed by atoms with Crippen LogP contribution in [0.2, 0.25) is 10.0 Å². The Morgan fingerprint density at radius 1 is 1.25 bits per heavy atom. The van der Waals surface area contributed by atoms with Crippen molar-refractivity contribution in [2.75, 3.05) is 6.61 Å². The van der Waals surface area contributed by atoms with Crippen LogP contribution in [0.1, 0.15) is 13.8 Å². The Balaban J connectivity index is 2.30. The van der Waals surface area contributed by atoms with Crippen LogP contribution in [0, 0.1) is 0 Å². The Bertz CT molecular complexity index is 735. The topological polar surface area (TPSA) is 114 Å². The van der Waals surface area contributed by atoms with Crippen LogP contribution >= 0.6 is 35.0 Å². The average Bonchev–Trinajstić information content (AvgIpc) is 2.61. The van der Waals surface area contributed by atoms with Crippen molar-refractivity contribution in [1.82, 2.24) is 0 Å². The first-order valence-corrected chi connectivity index (χ1v) is 9.79. The Kier molecular flexibility index (Phi) is 8.38. The van der Waals surface area contributed by atoms with E-state index < -0.39 is 41.7 Å². The van der Waals surface area contributed by atoms with Gasteiger partial charge in [0.05, 0.1) is 11.1 Å². The quantitative estimate of drug-likeness (QED) is 0.378. The molecule has 0 aromatic heterocycles. The summed E-state index contributed by atoms with van der Waals surface area (Å²) < 4.78 is 21.3. The third-order valence-electron chi connectivity index (χ3n) is 3.80. The number of halogens is 2. The minimum absolute atomic E-state index is 0.199. The van der Waals surface area contributed by atoms with Gasteiger partial charge in [0.25, 0.3) is 6.47 Å². The van der Waals surface area contributed by atoms with Crippen LogP contribution < -0.4 is 5.73 Å². The van der Waals surface area contributed by atoms with E-state index in [0.717, 1.165) is 11.8 Å². The van der Waals surface area contributed by atoms with Crippen LogP contribution in [0.3, 0.4) is 0 Å². The van der Waals surface area contributed by atoms with Crippen molar-refractivity contribution >= 4 is 53.4 Å². The summed E-state index contributed by atoms with van der Waals surface area (Å²) in [5.74, 6) is -1.14. The monoisotopic (exact) mass is 451 g/mol. The lowest BCUT2D eigenvalue weighted by molar-refractivity contribution is -0.197. The molecule has 2 rings (SSSR count). The highest BCUT2D eigenvalue weighted by molar-refractivity contribution is 8.00. The van der Waals surface area contributed by atoms with E-state index in [2.05, 4.69) is 0 Å². The summed E-state index contributed by atoms with van der Waals surface area (Å²) in [4.78, 5) is 34.2. The van der Waals surface area contributed by atoms with Gasteiger partial charge in [-0.15, -0.1) is 0 Å². The van der Waals surface area contributed by atoms with E-state index in [1.807, 2.05) is 0 Å². The normalized spacial score (nSPS) is 27.0.